The minimum absolute atomic E-state index is 0.0599. The van der Waals surface area contributed by atoms with Crippen LogP contribution in [0, 0.1) is 0 Å². The predicted octanol–water partition coefficient (Wildman–Crippen LogP) is 5.17. The van der Waals surface area contributed by atoms with E-state index < -0.39 is 0 Å². The second kappa shape index (κ2) is 11.3. The van der Waals surface area contributed by atoms with Crippen LogP contribution in [0.15, 0.2) is 72.9 Å². The molecule has 1 aliphatic heterocycles. The van der Waals surface area contributed by atoms with E-state index in [4.69, 9.17) is 14.2 Å². The van der Waals surface area contributed by atoms with Crippen molar-refractivity contribution in [1.82, 2.24) is 15.2 Å². The number of ether oxygens (including phenoxy) is 3. The maximum Gasteiger partial charge on any atom is 0.258 e. The SMILES string of the molecule is CCN(CC)Cc1cc(-c2ccc3c(c2)OCO3)ccc1OCC(=O)NCc1cnc2ccccc2c1. The van der Waals surface area contributed by atoms with Crippen molar-refractivity contribution >= 4 is 16.8 Å². The average Bonchev–Trinajstić information content (AvgIpc) is 3.42. The van der Waals surface area contributed by atoms with E-state index in [-0.39, 0.29) is 19.3 Å². The second-order valence-electron chi connectivity index (χ2n) is 8.95. The molecule has 5 rings (SSSR count). The molecule has 2 heterocycles. The molecular weight excluding hydrogens is 466 g/mol. The summed E-state index contributed by atoms with van der Waals surface area (Å²) in [4.78, 5) is 19.4. The smallest absolute Gasteiger partial charge is 0.258 e. The molecule has 0 aliphatic carbocycles. The van der Waals surface area contributed by atoms with E-state index in [0.29, 0.717) is 12.3 Å². The molecule has 1 N–H and O–H groups in total. The highest BCUT2D eigenvalue weighted by atomic mass is 16.7. The molecule has 0 saturated heterocycles. The maximum atomic E-state index is 12.6. The van der Waals surface area contributed by atoms with Crippen molar-refractivity contribution in [2.75, 3.05) is 26.5 Å². The Hall–Kier alpha value is -4.10. The number of carbonyl (C=O) groups excluding carboxylic acids is 1. The Bertz CT molecular complexity index is 1400. The molecule has 0 bridgehead atoms. The third-order valence-electron chi connectivity index (χ3n) is 6.55. The van der Waals surface area contributed by atoms with Crippen LogP contribution < -0.4 is 19.5 Å². The standard InChI is InChI=1S/C30H31N3O4/c1-3-33(4-2)18-25-14-22(23-10-12-28-29(15-23)37-20-36-28)9-11-27(25)35-19-30(34)32-17-21-13-24-7-5-6-8-26(24)31-16-21/h5-16H,3-4,17-20H2,1-2H3,(H,32,34). The van der Waals surface area contributed by atoms with Crippen LogP contribution in [-0.4, -0.2) is 42.3 Å². The summed E-state index contributed by atoms with van der Waals surface area (Å²) in [7, 11) is 0. The molecule has 1 amide bonds. The summed E-state index contributed by atoms with van der Waals surface area (Å²) < 4.78 is 17.0. The first-order valence-corrected chi connectivity index (χ1v) is 12.6. The van der Waals surface area contributed by atoms with Crippen molar-refractivity contribution in [3.05, 3.63) is 84.1 Å². The van der Waals surface area contributed by atoms with Crippen LogP contribution in [-0.2, 0) is 17.9 Å². The van der Waals surface area contributed by atoms with Crippen LogP contribution in [0.1, 0.15) is 25.0 Å². The molecule has 0 radical (unpaired) electrons. The Morgan fingerprint density at radius 3 is 2.62 bits per heavy atom. The average molecular weight is 498 g/mol. The number of nitrogens with zero attached hydrogens (tertiary/aromatic N) is 2. The lowest BCUT2D eigenvalue weighted by Gasteiger charge is -2.21. The molecule has 0 saturated carbocycles. The van der Waals surface area contributed by atoms with Gasteiger partial charge in [0.25, 0.3) is 5.91 Å². The molecule has 37 heavy (non-hydrogen) atoms. The van der Waals surface area contributed by atoms with Gasteiger partial charge in [-0.15, -0.1) is 0 Å². The van der Waals surface area contributed by atoms with Gasteiger partial charge in [-0.3, -0.25) is 14.7 Å². The molecule has 0 unspecified atom stereocenters. The number of benzene rings is 3. The van der Waals surface area contributed by atoms with Crippen LogP contribution in [0.5, 0.6) is 17.2 Å². The number of aromatic nitrogens is 1. The van der Waals surface area contributed by atoms with Gasteiger partial charge in [-0.25, -0.2) is 0 Å². The van der Waals surface area contributed by atoms with Crippen molar-refractivity contribution in [2.24, 2.45) is 0 Å². The van der Waals surface area contributed by atoms with Gasteiger partial charge in [0, 0.05) is 30.2 Å². The lowest BCUT2D eigenvalue weighted by Crippen LogP contribution is -2.29. The van der Waals surface area contributed by atoms with E-state index in [1.807, 2.05) is 60.7 Å². The molecule has 7 nitrogen and oxygen atoms in total. The number of amides is 1. The highest BCUT2D eigenvalue weighted by molar-refractivity contribution is 5.80. The zero-order chi connectivity index (χ0) is 25.6. The van der Waals surface area contributed by atoms with Crippen molar-refractivity contribution < 1.29 is 19.0 Å². The van der Waals surface area contributed by atoms with Gasteiger partial charge in [0.15, 0.2) is 18.1 Å². The fourth-order valence-electron chi connectivity index (χ4n) is 4.40. The van der Waals surface area contributed by atoms with E-state index in [0.717, 1.165) is 64.3 Å². The number of hydrogen-bond donors (Lipinski definition) is 1. The summed E-state index contributed by atoms with van der Waals surface area (Å²) in [5, 5.41) is 3.99. The molecule has 0 atom stereocenters. The lowest BCUT2D eigenvalue weighted by atomic mass is 10.0. The minimum Gasteiger partial charge on any atom is -0.483 e. The number of para-hydroxylation sites is 1. The lowest BCUT2D eigenvalue weighted by molar-refractivity contribution is -0.123. The fraction of sp³-hybridized carbons (Fsp3) is 0.267. The first-order valence-electron chi connectivity index (χ1n) is 12.6. The monoisotopic (exact) mass is 497 g/mol. The van der Waals surface area contributed by atoms with Gasteiger partial charge in [0.2, 0.25) is 6.79 Å². The number of pyridine rings is 1. The normalized spacial score (nSPS) is 12.2. The highest BCUT2D eigenvalue weighted by Gasteiger charge is 2.16. The van der Waals surface area contributed by atoms with E-state index in [1.54, 1.807) is 6.20 Å². The molecule has 0 spiro atoms. The largest absolute Gasteiger partial charge is 0.483 e. The Balaban J connectivity index is 1.27. The Morgan fingerprint density at radius 1 is 0.973 bits per heavy atom. The molecule has 4 aromatic rings. The van der Waals surface area contributed by atoms with Crippen LogP contribution >= 0.6 is 0 Å². The van der Waals surface area contributed by atoms with Gasteiger partial charge in [-0.1, -0.05) is 44.2 Å². The summed E-state index contributed by atoms with van der Waals surface area (Å²) in [5.74, 6) is 2.04. The quantitative estimate of drug-likeness (QED) is 0.326. The minimum atomic E-state index is -0.179. The number of rotatable bonds is 10. The summed E-state index contributed by atoms with van der Waals surface area (Å²) in [6.45, 7) is 7.44. The first kappa shape index (κ1) is 24.6. The molecule has 1 aliphatic rings. The zero-order valence-corrected chi connectivity index (χ0v) is 21.2. The topological polar surface area (TPSA) is 72.9 Å². The summed E-state index contributed by atoms with van der Waals surface area (Å²) >= 11 is 0. The molecule has 1 aromatic heterocycles. The Labute approximate surface area is 217 Å². The molecular formula is C30H31N3O4. The summed E-state index contributed by atoms with van der Waals surface area (Å²) in [5.41, 5.74) is 5.01. The summed E-state index contributed by atoms with van der Waals surface area (Å²) in [6, 6.07) is 22.0. The van der Waals surface area contributed by atoms with Crippen molar-refractivity contribution in [2.45, 2.75) is 26.9 Å². The van der Waals surface area contributed by atoms with Crippen LogP contribution in [0.25, 0.3) is 22.0 Å². The van der Waals surface area contributed by atoms with E-state index >= 15 is 0 Å². The third kappa shape index (κ3) is 5.84. The van der Waals surface area contributed by atoms with Gasteiger partial charge in [0.05, 0.1) is 5.52 Å². The van der Waals surface area contributed by atoms with E-state index in [2.05, 4.69) is 35.1 Å². The van der Waals surface area contributed by atoms with Crippen LogP contribution in [0.2, 0.25) is 0 Å². The van der Waals surface area contributed by atoms with Gasteiger partial charge in [0.1, 0.15) is 5.75 Å². The third-order valence-corrected chi connectivity index (χ3v) is 6.55. The molecule has 0 fully saturated rings. The second-order valence-corrected chi connectivity index (χ2v) is 8.95. The van der Waals surface area contributed by atoms with E-state index in [1.165, 1.54) is 0 Å². The van der Waals surface area contributed by atoms with Gasteiger partial charge in [-0.2, -0.15) is 0 Å². The van der Waals surface area contributed by atoms with Gasteiger partial charge < -0.3 is 19.5 Å². The summed E-state index contributed by atoms with van der Waals surface area (Å²) in [6.07, 6.45) is 1.79. The number of nitrogens with one attached hydrogen (secondary N) is 1. The number of carbonyl (C=O) groups is 1. The van der Waals surface area contributed by atoms with Gasteiger partial charge >= 0.3 is 0 Å². The van der Waals surface area contributed by atoms with Crippen molar-refractivity contribution in [3.8, 4) is 28.4 Å². The zero-order valence-electron chi connectivity index (χ0n) is 21.2. The number of hydrogen-bond acceptors (Lipinski definition) is 6. The fourth-order valence-corrected chi connectivity index (χ4v) is 4.40. The predicted molar refractivity (Wildman–Crippen MR) is 144 cm³/mol. The highest BCUT2D eigenvalue weighted by Crippen LogP contribution is 2.37. The number of fused-ring (bicyclic) bond motifs is 2. The van der Waals surface area contributed by atoms with Crippen molar-refractivity contribution in [3.63, 3.8) is 0 Å². The van der Waals surface area contributed by atoms with E-state index in [9.17, 15) is 4.79 Å². The maximum absolute atomic E-state index is 12.6. The van der Waals surface area contributed by atoms with Gasteiger partial charge in [-0.05, 0) is 66.2 Å². The molecule has 3 aromatic carbocycles. The molecule has 7 heteroatoms. The Morgan fingerprint density at radius 2 is 1.76 bits per heavy atom. The molecule has 190 valence electrons. The van der Waals surface area contributed by atoms with Crippen molar-refractivity contribution in [1.29, 1.82) is 0 Å². The first-order chi connectivity index (χ1) is 18.1. The van der Waals surface area contributed by atoms with Crippen LogP contribution in [0.3, 0.4) is 0 Å². The Kier molecular flexibility index (Phi) is 7.51. The van der Waals surface area contributed by atoms with Crippen LogP contribution in [0.4, 0.5) is 0 Å².